The Morgan fingerprint density at radius 1 is 0.857 bits per heavy atom. The molecular weight excluding hydrogens is 352 g/mol. The van der Waals surface area contributed by atoms with Crippen molar-refractivity contribution in [3.8, 4) is 11.5 Å². The number of carbonyl (C=O) groups is 1. The van der Waals surface area contributed by atoms with Crippen molar-refractivity contribution in [3.05, 3.63) is 78.4 Å². The third-order valence-corrected chi connectivity index (χ3v) is 4.49. The number of benzene rings is 3. The summed E-state index contributed by atoms with van der Waals surface area (Å²) in [5.74, 6) is 1.17. The van der Waals surface area contributed by atoms with Crippen molar-refractivity contribution in [3.63, 3.8) is 0 Å². The normalized spacial score (nSPS) is 10.2. The maximum Gasteiger partial charge on any atom is 0.228 e. The second kappa shape index (κ2) is 8.95. The van der Waals surface area contributed by atoms with Gasteiger partial charge in [0.05, 0.1) is 20.6 Å². The number of nitrogens with one attached hydrogen (secondary N) is 1. The van der Waals surface area contributed by atoms with Gasteiger partial charge < -0.3 is 19.7 Å². The minimum Gasteiger partial charge on any atom is -0.493 e. The predicted molar refractivity (Wildman–Crippen MR) is 113 cm³/mol. The molecule has 144 valence electrons. The quantitative estimate of drug-likeness (QED) is 0.652. The van der Waals surface area contributed by atoms with E-state index in [2.05, 4.69) is 22.3 Å². The molecule has 0 aliphatic heterocycles. The molecule has 0 atom stereocenters. The van der Waals surface area contributed by atoms with Gasteiger partial charge in [0.1, 0.15) is 0 Å². The smallest absolute Gasteiger partial charge is 0.228 e. The molecule has 0 saturated heterocycles. The average Bonchev–Trinajstić information content (AvgIpc) is 2.74. The van der Waals surface area contributed by atoms with Gasteiger partial charge in [0.25, 0.3) is 0 Å². The van der Waals surface area contributed by atoms with E-state index in [4.69, 9.17) is 9.47 Å². The molecule has 5 nitrogen and oxygen atoms in total. The van der Waals surface area contributed by atoms with Crippen molar-refractivity contribution in [2.24, 2.45) is 0 Å². The minimum atomic E-state index is -0.0867. The van der Waals surface area contributed by atoms with Crippen molar-refractivity contribution >= 4 is 23.0 Å². The van der Waals surface area contributed by atoms with Gasteiger partial charge in [-0.3, -0.25) is 4.79 Å². The molecule has 0 unspecified atom stereocenters. The van der Waals surface area contributed by atoms with E-state index in [9.17, 15) is 4.79 Å². The standard InChI is InChI=1S/C23H24N2O3/c1-25(19-7-5-4-6-8-19)20-12-10-18(11-13-20)24-23(26)16-17-9-14-21(27-2)22(15-17)28-3/h4-15H,16H2,1-3H3,(H,24,26). The van der Waals surface area contributed by atoms with Crippen LogP contribution in [0.4, 0.5) is 17.1 Å². The van der Waals surface area contributed by atoms with Gasteiger partial charge in [0.15, 0.2) is 11.5 Å². The lowest BCUT2D eigenvalue weighted by atomic mass is 10.1. The number of amides is 1. The molecule has 3 aromatic carbocycles. The summed E-state index contributed by atoms with van der Waals surface area (Å²) in [5, 5.41) is 2.93. The van der Waals surface area contributed by atoms with Crippen molar-refractivity contribution in [2.75, 3.05) is 31.5 Å². The van der Waals surface area contributed by atoms with Crippen LogP contribution in [0.2, 0.25) is 0 Å². The Balaban J connectivity index is 1.63. The van der Waals surface area contributed by atoms with Crippen LogP contribution in [0, 0.1) is 0 Å². The largest absolute Gasteiger partial charge is 0.493 e. The molecule has 0 heterocycles. The van der Waals surface area contributed by atoms with Gasteiger partial charge in [0.2, 0.25) is 5.91 Å². The van der Waals surface area contributed by atoms with Gasteiger partial charge in [0, 0.05) is 24.1 Å². The summed E-state index contributed by atoms with van der Waals surface area (Å²) in [5.41, 5.74) is 3.77. The number of ether oxygens (including phenoxy) is 2. The minimum absolute atomic E-state index is 0.0867. The van der Waals surface area contributed by atoms with E-state index in [-0.39, 0.29) is 12.3 Å². The summed E-state index contributed by atoms with van der Waals surface area (Å²) in [6.07, 6.45) is 0.256. The van der Waals surface area contributed by atoms with Gasteiger partial charge >= 0.3 is 0 Å². The molecule has 3 aromatic rings. The van der Waals surface area contributed by atoms with Crippen LogP contribution >= 0.6 is 0 Å². The third kappa shape index (κ3) is 4.62. The monoisotopic (exact) mass is 376 g/mol. The lowest BCUT2D eigenvalue weighted by Crippen LogP contribution is -2.15. The van der Waals surface area contributed by atoms with Crippen LogP contribution < -0.4 is 19.7 Å². The summed E-state index contributed by atoms with van der Waals surface area (Å²) in [4.78, 5) is 14.5. The van der Waals surface area contributed by atoms with Crippen LogP contribution in [0.3, 0.4) is 0 Å². The highest BCUT2D eigenvalue weighted by molar-refractivity contribution is 5.92. The molecule has 1 N–H and O–H groups in total. The zero-order valence-electron chi connectivity index (χ0n) is 16.3. The van der Waals surface area contributed by atoms with Gasteiger partial charge in [-0.05, 0) is 54.1 Å². The SMILES string of the molecule is COc1ccc(CC(=O)Nc2ccc(N(C)c3ccccc3)cc2)cc1OC. The number of rotatable bonds is 7. The number of para-hydroxylation sites is 1. The topological polar surface area (TPSA) is 50.8 Å². The first-order valence-electron chi connectivity index (χ1n) is 9.00. The first kappa shape index (κ1) is 19.3. The molecule has 0 radical (unpaired) electrons. The number of anilines is 3. The Hall–Kier alpha value is -3.47. The first-order valence-corrected chi connectivity index (χ1v) is 9.00. The fraction of sp³-hybridized carbons (Fsp3) is 0.174. The highest BCUT2D eigenvalue weighted by Gasteiger charge is 2.09. The summed E-state index contributed by atoms with van der Waals surface area (Å²) < 4.78 is 10.5. The molecule has 0 spiro atoms. The van der Waals surface area contributed by atoms with Crippen LogP contribution in [0.1, 0.15) is 5.56 Å². The number of hydrogen-bond donors (Lipinski definition) is 1. The summed E-state index contributed by atoms with van der Waals surface area (Å²) >= 11 is 0. The molecule has 1 amide bonds. The van der Waals surface area contributed by atoms with Crippen molar-refractivity contribution in [1.82, 2.24) is 0 Å². The molecule has 0 bridgehead atoms. The lowest BCUT2D eigenvalue weighted by Gasteiger charge is -2.19. The Kier molecular flexibility index (Phi) is 6.17. The summed E-state index contributed by atoms with van der Waals surface area (Å²) in [6, 6.07) is 23.4. The maximum absolute atomic E-state index is 12.4. The Morgan fingerprint density at radius 3 is 2.14 bits per heavy atom. The highest BCUT2D eigenvalue weighted by Crippen LogP contribution is 2.28. The second-order valence-corrected chi connectivity index (χ2v) is 6.36. The average molecular weight is 376 g/mol. The van der Waals surface area contributed by atoms with Crippen molar-refractivity contribution in [1.29, 1.82) is 0 Å². The number of methoxy groups -OCH3 is 2. The van der Waals surface area contributed by atoms with E-state index in [1.165, 1.54) is 0 Å². The van der Waals surface area contributed by atoms with Gasteiger partial charge in [-0.15, -0.1) is 0 Å². The molecule has 3 rings (SSSR count). The Bertz CT molecular complexity index is 924. The molecule has 5 heteroatoms. The molecule has 0 aromatic heterocycles. The van der Waals surface area contributed by atoms with Crippen molar-refractivity contribution < 1.29 is 14.3 Å². The molecular formula is C23H24N2O3. The van der Waals surface area contributed by atoms with E-state index >= 15 is 0 Å². The summed E-state index contributed by atoms with van der Waals surface area (Å²) in [6.45, 7) is 0. The van der Waals surface area contributed by atoms with E-state index in [1.54, 1.807) is 20.3 Å². The van der Waals surface area contributed by atoms with Crippen LogP contribution in [0.25, 0.3) is 0 Å². The zero-order valence-corrected chi connectivity index (χ0v) is 16.3. The predicted octanol–water partition coefficient (Wildman–Crippen LogP) is 4.65. The highest BCUT2D eigenvalue weighted by atomic mass is 16.5. The van der Waals surface area contributed by atoms with Crippen LogP contribution in [-0.2, 0) is 11.2 Å². The number of hydrogen-bond acceptors (Lipinski definition) is 4. The fourth-order valence-corrected chi connectivity index (χ4v) is 2.95. The van der Waals surface area contributed by atoms with Crippen LogP contribution in [0.5, 0.6) is 11.5 Å². The van der Waals surface area contributed by atoms with Gasteiger partial charge in [-0.2, -0.15) is 0 Å². The van der Waals surface area contributed by atoms with E-state index in [0.29, 0.717) is 11.5 Å². The Labute approximate surface area is 165 Å². The number of carbonyl (C=O) groups excluding carboxylic acids is 1. The van der Waals surface area contributed by atoms with E-state index in [1.807, 2.05) is 61.6 Å². The molecule has 0 fully saturated rings. The van der Waals surface area contributed by atoms with Gasteiger partial charge in [-0.25, -0.2) is 0 Å². The van der Waals surface area contributed by atoms with Crippen LogP contribution in [0.15, 0.2) is 72.8 Å². The summed E-state index contributed by atoms with van der Waals surface area (Å²) in [7, 11) is 5.18. The zero-order chi connectivity index (χ0) is 19.9. The Morgan fingerprint density at radius 2 is 1.50 bits per heavy atom. The number of nitrogens with zero attached hydrogens (tertiary/aromatic N) is 1. The lowest BCUT2D eigenvalue weighted by molar-refractivity contribution is -0.115. The first-order chi connectivity index (χ1) is 13.6. The van der Waals surface area contributed by atoms with Crippen molar-refractivity contribution in [2.45, 2.75) is 6.42 Å². The van der Waals surface area contributed by atoms with E-state index < -0.39 is 0 Å². The van der Waals surface area contributed by atoms with Crippen LogP contribution in [-0.4, -0.2) is 27.2 Å². The maximum atomic E-state index is 12.4. The molecule has 0 saturated carbocycles. The molecule has 0 aliphatic carbocycles. The van der Waals surface area contributed by atoms with E-state index in [0.717, 1.165) is 22.6 Å². The molecule has 28 heavy (non-hydrogen) atoms. The molecule has 0 aliphatic rings. The third-order valence-electron chi connectivity index (χ3n) is 4.49. The second-order valence-electron chi connectivity index (χ2n) is 6.36. The van der Waals surface area contributed by atoms with Gasteiger partial charge in [-0.1, -0.05) is 24.3 Å². The fourth-order valence-electron chi connectivity index (χ4n) is 2.95.